The summed E-state index contributed by atoms with van der Waals surface area (Å²) in [5, 5.41) is 11.2. The predicted molar refractivity (Wildman–Crippen MR) is 72.7 cm³/mol. The van der Waals surface area contributed by atoms with Gasteiger partial charge in [0.05, 0.1) is 19.2 Å². The number of nitrogens with zero attached hydrogens (tertiary/aromatic N) is 2. The number of nitrogens with one attached hydrogen (secondary N) is 1. The Morgan fingerprint density at radius 2 is 2.26 bits per heavy atom. The first-order chi connectivity index (χ1) is 9.08. The molecule has 1 atom stereocenters. The normalized spacial score (nSPS) is 11.7. The molecule has 0 saturated heterocycles. The van der Waals surface area contributed by atoms with Gasteiger partial charge in [0.25, 0.3) is 0 Å². The fourth-order valence-corrected chi connectivity index (χ4v) is 1.79. The number of rotatable bonds is 6. The lowest BCUT2D eigenvalue weighted by molar-refractivity contribution is -0.120. The monoisotopic (exact) mass is 261 g/mol. The highest BCUT2D eigenvalue weighted by atomic mass is 16.5. The number of nitriles is 1. The van der Waals surface area contributed by atoms with Crippen molar-refractivity contribution in [2.75, 3.05) is 27.7 Å². The van der Waals surface area contributed by atoms with E-state index in [4.69, 9.17) is 10.00 Å². The van der Waals surface area contributed by atoms with E-state index in [2.05, 4.69) is 5.32 Å². The van der Waals surface area contributed by atoms with E-state index >= 15 is 0 Å². The Hall–Kier alpha value is -2.06. The lowest BCUT2D eigenvalue weighted by Gasteiger charge is -2.25. The van der Waals surface area contributed by atoms with Crippen molar-refractivity contribution >= 4 is 5.91 Å². The fourth-order valence-electron chi connectivity index (χ4n) is 1.79. The number of hydrogen-bond donors (Lipinski definition) is 1. The second-order valence-corrected chi connectivity index (χ2v) is 4.39. The van der Waals surface area contributed by atoms with Gasteiger partial charge in [0.15, 0.2) is 0 Å². The Balaban J connectivity index is 2.77. The van der Waals surface area contributed by atoms with Crippen LogP contribution in [0.2, 0.25) is 0 Å². The number of amides is 1. The van der Waals surface area contributed by atoms with Gasteiger partial charge in [0, 0.05) is 6.54 Å². The summed E-state index contributed by atoms with van der Waals surface area (Å²) in [6.45, 7) is 0.459. The molecule has 0 radical (unpaired) electrons. The van der Waals surface area contributed by atoms with Crippen LogP contribution in [0, 0.1) is 11.3 Å². The number of carbonyl (C=O) groups excluding carboxylic acids is 1. The van der Waals surface area contributed by atoms with Gasteiger partial charge in [-0.15, -0.1) is 0 Å². The average molecular weight is 261 g/mol. The molecular formula is C14H19N3O2. The van der Waals surface area contributed by atoms with Gasteiger partial charge in [-0.3, -0.25) is 4.79 Å². The number of hydrogen-bond acceptors (Lipinski definition) is 4. The minimum atomic E-state index is -0.253. The smallest absolute Gasteiger partial charge is 0.234 e. The third kappa shape index (κ3) is 4.60. The third-order valence-electron chi connectivity index (χ3n) is 2.83. The van der Waals surface area contributed by atoms with Gasteiger partial charge in [-0.25, -0.2) is 0 Å². The second kappa shape index (κ2) is 7.39. The molecule has 0 fully saturated rings. The van der Waals surface area contributed by atoms with E-state index < -0.39 is 0 Å². The topological polar surface area (TPSA) is 65.4 Å². The molecule has 5 nitrogen and oxygen atoms in total. The van der Waals surface area contributed by atoms with Crippen LogP contribution >= 0.6 is 0 Å². The minimum Gasteiger partial charge on any atom is -0.497 e. The summed E-state index contributed by atoms with van der Waals surface area (Å²) in [7, 11) is 5.51. The number of carbonyl (C=O) groups is 1. The molecule has 0 spiro atoms. The second-order valence-electron chi connectivity index (χ2n) is 4.39. The maximum Gasteiger partial charge on any atom is 0.234 e. The summed E-state index contributed by atoms with van der Waals surface area (Å²) in [4.78, 5) is 13.4. The van der Waals surface area contributed by atoms with Crippen molar-refractivity contribution in [1.29, 1.82) is 5.26 Å². The predicted octanol–water partition coefficient (Wildman–Crippen LogP) is 1.33. The van der Waals surface area contributed by atoms with Gasteiger partial charge >= 0.3 is 0 Å². The van der Waals surface area contributed by atoms with Crippen molar-refractivity contribution in [1.82, 2.24) is 10.2 Å². The highest BCUT2D eigenvalue weighted by molar-refractivity contribution is 5.77. The van der Waals surface area contributed by atoms with Gasteiger partial charge in [-0.2, -0.15) is 5.26 Å². The third-order valence-corrected chi connectivity index (χ3v) is 2.83. The lowest BCUT2D eigenvalue weighted by atomic mass is 10.1. The van der Waals surface area contributed by atoms with Crippen molar-refractivity contribution in [2.45, 2.75) is 12.5 Å². The van der Waals surface area contributed by atoms with Crippen LogP contribution in [-0.2, 0) is 4.79 Å². The molecule has 0 bridgehead atoms. The van der Waals surface area contributed by atoms with Crippen molar-refractivity contribution in [3.8, 4) is 11.8 Å². The van der Waals surface area contributed by atoms with Crippen LogP contribution in [0.1, 0.15) is 18.0 Å². The molecule has 0 aromatic heterocycles. The van der Waals surface area contributed by atoms with Crippen LogP contribution in [0.3, 0.4) is 0 Å². The maximum atomic E-state index is 11.3. The molecule has 0 aliphatic rings. The SMILES string of the molecule is COc1cccc(C(CNC(=O)CC#N)N(C)C)c1. The average Bonchev–Trinajstić information content (AvgIpc) is 2.39. The van der Waals surface area contributed by atoms with Crippen LogP contribution in [0.4, 0.5) is 0 Å². The summed E-state index contributed by atoms with van der Waals surface area (Å²) >= 11 is 0. The van der Waals surface area contributed by atoms with E-state index in [1.54, 1.807) is 7.11 Å². The van der Waals surface area contributed by atoms with E-state index in [-0.39, 0.29) is 18.4 Å². The van der Waals surface area contributed by atoms with Gasteiger partial charge in [0.2, 0.25) is 5.91 Å². The molecule has 0 aliphatic carbocycles. The van der Waals surface area contributed by atoms with E-state index in [9.17, 15) is 4.79 Å². The van der Waals surface area contributed by atoms with Crippen molar-refractivity contribution in [3.63, 3.8) is 0 Å². The Labute approximate surface area is 113 Å². The quantitative estimate of drug-likeness (QED) is 0.839. The molecule has 1 aromatic carbocycles. The lowest BCUT2D eigenvalue weighted by Crippen LogP contribution is -2.34. The van der Waals surface area contributed by atoms with Crippen LogP contribution in [0.5, 0.6) is 5.75 Å². The molecule has 1 N–H and O–H groups in total. The zero-order chi connectivity index (χ0) is 14.3. The molecular weight excluding hydrogens is 242 g/mol. The van der Waals surface area contributed by atoms with Crippen molar-refractivity contribution in [3.05, 3.63) is 29.8 Å². The summed E-state index contributed by atoms with van der Waals surface area (Å²) in [5.41, 5.74) is 1.06. The van der Waals surface area contributed by atoms with E-state index in [0.29, 0.717) is 6.54 Å². The van der Waals surface area contributed by atoms with Gasteiger partial charge in [-0.1, -0.05) is 12.1 Å². The van der Waals surface area contributed by atoms with Crippen LogP contribution in [0.25, 0.3) is 0 Å². The largest absolute Gasteiger partial charge is 0.497 e. The zero-order valence-electron chi connectivity index (χ0n) is 11.5. The van der Waals surface area contributed by atoms with Gasteiger partial charge in [-0.05, 0) is 31.8 Å². The molecule has 1 amide bonds. The molecule has 0 aliphatic heterocycles. The first kappa shape index (κ1) is 15.0. The Morgan fingerprint density at radius 3 is 2.84 bits per heavy atom. The highest BCUT2D eigenvalue weighted by Gasteiger charge is 2.15. The van der Waals surface area contributed by atoms with Gasteiger partial charge < -0.3 is 15.0 Å². The number of benzene rings is 1. The van der Waals surface area contributed by atoms with Gasteiger partial charge in [0.1, 0.15) is 12.2 Å². The first-order valence-corrected chi connectivity index (χ1v) is 6.02. The van der Waals surface area contributed by atoms with E-state index in [0.717, 1.165) is 11.3 Å². The van der Waals surface area contributed by atoms with Crippen LogP contribution in [-0.4, -0.2) is 38.6 Å². The first-order valence-electron chi connectivity index (χ1n) is 6.02. The minimum absolute atomic E-state index is 0.0396. The molecule has 0 heterocycles. The van der Waals surface area contributed by atoms with Crippen LogP contribution in [0.15, 0.2) is 24.3 Å². The summed E-state index contributed by atoms with van der Waals surface area (Å²) in [5.74, 6) is 0.532. The van der Waals surface area contributed by atoms with E-state index in [1.807, 2.05) is 49.3 Å². The van der Waals surface area contributed by atoms with Crippen LogP contribution < -0.4 is 10.1 Å². The maximum absolute atomic E-state index is 11.3. The Bertz CT molecular complexity index is 466. The van der Waals surface area contributed by atoms with Crippen molar-refractivity contribution in [2.24, 2.45) is 0 Å². The number of likely N-dealkylation sites (N-methyl/N-ethyl adjacent to an activating group) is 1. The Kier molecular flexibility index (Phi) is 5.83. The Morgan fingerprint density at radius 1 is 1.53 bits per heavy atom. The summed E-state index contributed by atoms with van der Waals surface area (Å²) in [6, 6.07) is 9.61. The molecule has 5 heteroatoms. The molecule has 1 aromatic rings. The number of methoxy groups -OCH3 is 1. The summed E-state index contributed by atoms with van der Waals surface area (Å²) < 4.78 is 5.20. The molecule has 0 saturated carbocycles. The zero-order valence-corrected chi connectivity index (χ0v) is 11.5. The van der Waals surface area contributed by atoms with E-state index in [1.165, 1.54) is 0 Å². The molecule has 19 heavy (non-hydrogen) atoms. The van der Waals surface area contributed by atoms with Crippen molar-refractivity contribution < 1.29 is 9.53 Å². The molecule has 102 valence electrons. The summed E-state index contributed by atoms with van der Waals surface area (Å²) in [6.07, 6.45) is -0.113. The highest BCUT2D eigenvalue weighted by Crippen LogP contribution is 2.21. The fraction of sp³-hybridized carbons (Fsp3) is 0.429. The number of ether oxygens (including phenoxy) is 1. The standard InChI is InChI=1S/C14H19N3O2/c1-17(2)13(10-16-14(18)7-8-15)11-5-4-6-12(9-11)19-3/h4-6,9,13H,7,10H2,1-3H3,(H,16,18). The molecule has 1 unspecified atom stereocenters. The molecule has 1 rings (SSSR count).